The molecule has 1 aliphatic rings. The Morgan fingerprint density at radius 3 is 2.67 bits per heavy atom. The van der Waals surface area contributed by atoms with Crippen LogP contribution in [0.4, 0.5) is 16.5 Å². The summed E-state index contributed by atoms with van der Waals surface area (Å²) < 4.78 is 16.5. The Labute approximate surface area is 175 Å². The number of para-hydroxylation sites is 3. The van der Waals surface area contributed by atoms with Crippen molar-refractivity contribution in [1.29, 1.82) is 0 Å². The molecule has 0 unspecified atom stereocenters. The molecule has 0 bridgehead atoms. The average Bonchev–Trinajstić information content (AvgIpc) is 3.22. The van der Waals surface area contributed by atoms with Gasteiger partial charge in [0.1, 0.15) is 5.52 Å². The molecule has 2 heterocycles. The summed E-state index contributed by atoms with van der Waals surface area (Å²) in [5, 5.41) is 5.80. The lowest BCUT2D eigenvalue weighted by atomic mass is 9.97. The maximum Gasteiger partial charge on any atom is 0.319 e. The number of methoxy groups -OCH3 is 2. The van der Waals surface area contributed by atoms with Crippen LogP contribution in [0.2, 0.25) is 0 Å². The van der Waals surface area contributed by atoms with Gasteiger partial charge in [-0.1, -0.05) is 18.2 Å². The van der Waals surface area contributed by atoms with Gasteiger partial charge in [-0.15, -0.1) is 0 Å². The molecule has 2 N–H and O–H groups in total. The minimum Gasteiger partial charge on any atom is -0.493 e. The normalized spacial score (nSPS) is 14.5. The van der Waals surface area contributed by atoms with Gasteiger partial charge < -0.3 is 29.4 Å². The Morgan fingerprint density at radius 1 is 1.13 bits per heavy atom. The van der Waals surface area contributed by atoms with Crippen molar-refractivity contribution in [1.82, 2.24) is 10.3 Å². The quantitative estimate of drug-likeness (QED) is 0.641. The van der Waals surface area contributed by atoms with Crippen LogP contribution < -0.4 is 25.0 Å². The van der Waals surface area contributed by atoms with Crippen LogP contribution in [0.1, 0.15) is 12.8 Å². The smallest absolute Gasteiger partial charge is 0.319 e. The first-order valence-electron chi connectivity index (χ1n) is 10.0. The number of fused-ring (bicyclic) bond motifs is 1. The molecule has 2 amide bonds. The van der Waals surface area contributed by atoms with Crippen LogP contribution in [0, 0.1) is 5.92 Å². The zero-order chi connectivity index (χ0) is 20.9. The number of aromatic nitrogens is 1. The fourth-order valence-corrected chi connectivity index (χ4v) is 3.71. The van der Waals surface area contributed by atoms with Gasteiger partial charge in [-0.05, 0) is 43.0 Å². The van der Waals surface area contributed by atoms with E-state index in [0.29, 0.717) is 35.7 Å². The molecule has 0 saturated carbocycles. The SMILES string of the molecule is COc1cccc(NC(=O)NCC2CCN(c3nc4ccccc4o3)CC2)c1OC. The van der Waals surface area contributed by atoms with Gasteiger partial charge >= 0.3 is 6.03 Å². The molecule has 30 heavy (non-hydrogen) atoms. The highest BCUT2D eigenvalue weighted by molar-refractivity contribution is 5.91. The number of amides is 2. The second kappa shape index (κ2) is 8.94. The van der Waals surface area contributed by atoms with Crippen LogP contribution >= 0.6 is 0 Å². The number of hydrogen-bond acceptors (Lipinski definition) is 6. The number of oxazole rings is 1. The summed E-state index contributed by atoms with van der Waals surface area (Å²) >= 11 is 0. The largest absolute Gasteiger partial charge is 0.493 e. The Morgan fingerprint density at radius 2 is 1.93 bits per heavy atom. The van der Waals surface area contributed by atoms with Crippen LogP contribution in [0.3, 0.4) is 0 Å². The second-order valence-corrected chi connectivity index (χ2v) is 7.27. The van der Waals surface area contributed by atoms with Crippen LogP contribution in [-0.2, 0) is 0 Å². The third-order valence-electron chi connectivity index (χ3n) is 5.37. The molecule has 0 atom stereocenters. The van der Waals surface area contributed by atoms with E-state index in [-0.39, 0.29) is 6.03 Å². The predicted octanol–water partition coefficient (Wildman–Crippen LogP) is 3.88. The molecule has 3 aromatic rings. The van der Waals surface area contributed by atoms with Crippen LogP contribution in [0.5, 0.6) is 11.5 Å². The number of anilines is 2. The van der Waals surface area contributed by atoms with Crippen molar-refractivity contribution < 1.29 is 18.7 Å². The molecule has 2 aromatic carbocycles. The number of rotatable bonds is 6. The van der Waals surface area contributed by atoms with E-state index < -0.39 is 0 Å². The molecule has 1 aliphatic heterocycles. The predicted molar refractivity (Wildman–Crippen MR) is 116 cm³/mol. The van der Waals surface area contributed by atoms with E-state index in [0.717, 1.165) is 37.0 Å². The van der Waals surface area contributed by atoms with Gasteiger partial charge in [0.05, 0.1) is 19.9 Å². The Bertz CT molecular complexity index is 978. The molecule has 0 spiro atoms. The van der Waals surface area contributed by atoms with Gasteiger partial charge in [0.15, 0.2) is 17.1 Å². The van der Waals surface area contributed by atoms with Crippen LogP contribution in [0.15, 0.2) is 46.9 Å². The van der Waals surface area contributed by atoms with Crippen molar-refractivity contribution in [2.45, 2.75) is 12.8 Å². The van der Waals surface area contributed by atoms with Crippen molar-refractivity contribution in [3.63, 3.8) is 0 Å². The molecule has 0 aliphatic carbocycles. The number of piperidine rings is 1. The van der Waals surface area contributed by atoms with Gasteiger partial charge in [-0.2, -0.15) is 4.98 Å². The second-order valence-electron chi connectivity index (χ2n) is 7.27. The molecule has 1 aromatic heterocycles. The van der Waals surface area contributed by atoms with E-state index in [2.05, 4.69) is 20.5 Å². The van der Waals surface area contributed by atoms with Crippen LogP contribution in [0.25, 0.3) is 11.1 Å². The van der Waals surface area contributed by atoms with E-state index >= 15 is 0 Å². The highest BCUT2D eigenvalue weighted by Gasteiger charge is 2.23. The Hall–Kier alpha value is -3.42. The average molecular weight is 410 g/mol. The lowest BCUT2D eigenvalue weighted by Crippen LogP contribution is -2.40. The summed E-state index contributed by atoms with van der Waals surface area (Å²) in [5.41, 5.74) is 2.25. The lowest BCUT2D eigenvalue weighted by molar-refractivity contribution is 0.248. The standard InChI is InChI=1S/C22H26N4O4/c1-28-19-9-5-7-17(20(19)29-2)24-21(27)23-14-15-10-12-26(13-11-15)22-25-16-6-3-4-8-18(16)30-22/h3-9,15H,10-14H2,1-2H3,(H2,23,24,27). The minimum atomic E-state index is -0.261. The molecule has 1 fully saturated rings. The maximum absolute atomic E-state index is 12.4. The number of nitrogens with one attached hydrogen (secondary N) is 2. The maximum atomic E-state index is 12.4. The summed E-state index contributed by atoms with van der Waals surface area (Å²) in [6.45, 7) is 2.31. The van der Waals surface area contributed by atoms with E-state index in [1.54, 1.807) is 32.4 Å². The fraction of sp³-hybridized carbons (Fsp3) is 0.364. The third-order valence-corrected chi connectivity index (χ3v) is 5.37. The summed E-state index contributed by atoms with van der Waals surface area (Å²) in [6, 6.07) is 13.6. The topological polar surface area (TPSA) is 88.9 Å². The zero-order valence-electron chi connectivity index (χ0n) is 17.2. The summed E-state index contributed by atoms with van der Waals surface area (Å²) in [5.74, 6) is 1.48. The number of nitrogens with zero attached hydrogens (tertiary/aromatic N) is 2. The van der Waals surface area contributed by atoms with Crippen molar-refractivity contribution in [2.24, 2.45) is 5.92 Å². The van der Waals surface area contributed by atoms with E-state index in [1.165, 1.54) is 0 Å². The zero-order valence-corrected chi connectivity index (χ0v) is 17.2. The number of benzene rings is 2. The highest BCUT2D eigenvalue weighted by atomic mass is 16.5. The van der Waals surface area contributed by atoms with Gasteiger partial charge in [0, 0.05) is 19.6 Å². The third kappa shape index (κ3) is 4.27. The van der Waals surface area contributed by atoms with Crippen LogP contribution in [-0.4, -0.2) is 44.9 Å². The van der Waals surface area contributed by atoms with E-state index in [4.69, 9.17) is 13.9 Å². The van der Waals surface area contributed by atoms with E-state index in [1.807, 2.05) is 24.3 Å². The molecular formula is C22H26N4O4. The monoisotopic (exact) mass is 410 g/mol. The van der Waals surface area contributed by atoms with Crippen molar-refractivity contribution in [2.75, 3.05) is 44.1 Å². The molecular weight excluding hydrogens is 384 g/mol. The number of hydrogen-bond donors (Lipinski definition) is 2. The molecule has 1 saturated heterocycles. The first kappa shape index (κ1) is 19.9. The molecule has 158 valence electrons. The number of urea groups is 1. The van der Waals surface area contributed by atoms with Crippen molar-refractivity contribution in [3.8, 4) is 11.5 Å². The van der Waals surface area contributed by atoms with Gasteiger partial charge in [-0.25, -0.2) is 4.79 Å². The Kier molecular flexibility index (Phi) is 5.92. The van der Waals surface area contributed by atoms with Crippen molar-refractivity contribution >= 4 is 28.8 Å². The number of carbonyl (C=O) groups is 1. The molecule has 8 heteroatoms. The number of carbonyl (C=O) groups excluding carboxylic acids is 1. The molecule has 0 radical (unpaired) electrons. The summed E-state index contributed by atoms with van der Waals surface area (Å²) in [4.78, 5) is 19.1. The first-order valence-corrected chi connectivity index (χ1v) is 10.0. The van der Waals surface area contributed by atoms with E-state index in [9.17, 15) is 4.79 Å². The summed E-state index contributed by atoms with van der Waals surface area (Å²) in [7, 11) is 3.11. The highest BCUT2D eigenvalue weighted by Crippen LogP contribution is 2.34. The molecule has 4 rings (SSSR count). The van der Waals surface area contributed by atoms with Gasteiger partial charge in [0.2, 0.25) is 0 Å². The lowest BCUT2D eigenvalue weighted by Gasteiger charge is -2.30. The van der Waals surface area contributed by atoms with Gasteiger partial charge in [0.25, 0.3) is 6.01 Å². The summed E-state index contributed by atoms with van der Waals surface area (Å²) in [6.07, 6.45) is 1.92. The first-order chi connectivity index (χ1) is 14.7. The Balaban J connectivity index is 1.27. The van der Waals surface area contributed by atoms with Crippen molar-refractivity contribution in [3.05, 3.63) is 42.5 Å². The van der Waals surface area contributed by atoms with Gasteiger partial charge in [-0.3, -0.25) is 0 Å². The number of ether oxygens (including phenoxy) is 2. The molecule has 8 nitrogen and oxygen atoms in total. The fourth-order valence-electron chi connectivity index (χ4n) is 3.71. The minimum absolute atomic E-state index is 0.261.